The molecule has 1 rings (SSSR count). The fourth-order valence-electron chi connectivity index (χ4n) is 1.96. The van der Waals surface area contributed by atoms with Crippen molar-refractivity contribution < 1.29 is 14.7 Å². The number of nitrogens with zero attached hydrogens (tertiary/aromatic N) is 1. The van der Waals surface area contributed by atoms with Gasteiger partial charge in [-0.25, -0.2) is 9.59 Å². The van der Waals surface area contributed by atoms with E-state index in [4.69, 9.17) is 0 Å². The Hall–Kier alpha value is -1.56. The van der Waals surface area contributed by atoms with Crippen molar-refractivity contribution in [3.63, 3.8) is 0 Å². The number of rotatable bonds is 8. The van der Waals surface area contributed by atoms with Crippen LogP contribution in [0.15, 0.2) is 17.5 Å². The molecular formula is C15H24N2O3S. The van der Waals surface area contributed by atoms with Gasteiger partial charge in [0.05, 0.1) is 6.54 Å². The molecule has 0 aliphatic carbocycles. The zero-order valence-corrected chi connectivity index (χ0v) is 13.7. The maximum Gasteiger partial charge on any atom is 0.326 e. The van der Waals surface area contributed by atoms with Crippen molar-refractivity contribution in [1.82, 2.24) is 10.2 Å². The zero-order valence-electron chi connectivity index (χ0n) is 12.8. The van der Waals surface area contributed by atoms with Crippen LogP contribution in [0.3, 0.4) is 0 Å². The second-order valence-electron chi connectivity index (χ2n) is 5.28. The summed E-state index contributed by atoms with van der Waals surface area (Å²) in [4.78, 5) is 26.3. The zero-order chi connectivity index (χ0) is 15.8. The summed E-state index contributed by atoms with van der Waals surface area (Å²) in [6, 6.07) is 2.79. The van der Waals surface area contributed by atoms with Crippen LogP contribution in [-0.2, 0) is 11.3 Å². The van der Waals surface area contributed by atoms with E-state index in [1.54, 1.807) is 16.2 Å². The molecule has 5 nitrogen and oxygen atoms in total. The third-order valence-electron chi connectivity index (χ3n) is 3.23. The summed E-state index contributed by atoms with van der Waals surface area (Å²) in [5.41, 5.74) is 0. The van der Waals surface area contributed by atoms with E-state index < -0.39 is 12.0 Å². The number of carbonyl (C=O) groups is 2. The van der Waals surface area contributed by atoms with Crippen molar-refractivity contribution >= 4 is 23.3 Å². The molecule has 0 spiro atoms. The second-order valence-corrected chi connectivity index (χ2v) is 6.32. The SMILES string of the molecule is CCCCC(NC(=O)N(Cc1cccs1)C(C)C)C(=O)O. The van der Waals surface area contributed by atoms with Crippen molar-refractivity contribution in [3.05, 3.63) is 22.4 Å². The van der Waals surface area contributed by atoms with Gasteiger partial charge in [-0.05, 0) is 31.7 Å². The first-order valence-corrected chi connectivity index (χ1v) is 8.16. The molecule has 118 valence electrons. The maximum absolute atomic E-state index is 12.3. The first-order chi connectivity index (χ1) is 9.95. The fraction of sp³-hybridized carbons (Fsp3) is 0.600. The van der Waals surface area contributed by atoms with E-state index in [1.807, 2.05) is 38.3 Å². The molecule has 2 N–H and O–H groups in total. The van der Waals surface area contributed by atoms with E-state index in [-0.39, 0.29) is 12.1 Å². The highest BCUT2D eigenvalue weighted by molar-refractivity contribution is 7.09. The Morgan fingerprint density at radius 1 is 1.43 bits per heavy atom. The lowest BCUT2D eigenvalue weighted by molar-refractivity contribution is -0.139. The maximum atomic E-state index is 12.3. The summed E-state index contributed by atoms with van der Waals surface area (Å²) in [6.07, 6.45) is 2.15. The highest BCUT2D eigenvalue weighted by Crippen LogP contribution is 2.14. The van der Waals surface area contributed by atoms with Gasteiger partial charge in [0.1, 0.15) is 6.04 Å². The molecule has 1 aromatic heterocycles. The first kappa shape index (κ1) is 17.5. The van der Waals surface area contributed by atoms with E-state index in [1.165, 1.54) is 0 Å². The number of carboxylic acid groups (broad SMARTS) is 1. The van der Waals surface area contributed by atoms with E-state index >= 15 is 0 Å². The molecule has 6 heteroatoms. The molecule has 1 heterocycles. The predicted molar refractivity (Wildman–Crippen MR) is 84.5 cm³/mol. The molecule has 1 atom stereocenters. The lowest BCUT2D eigenvalue weighted by atomic mass is 10.1. The van der Waals surface area contributed by atoms with Crippen LogP contribution in [0.2, 0.25) is 0 Å². The van der Waals surface area contributed by atoms with Crippen LogP contribution in [0.5, 0.6) is 0 Å². The Morgan fingerprint density at radius 2 is 2.14 bits per heavy atom. The number of carboxylic acids is 1. The van der Waals surface area contributed by atoms with Gasteiger partial charge < -0.3 is 15.3 Å². The average Bonchev–Trinajstić information content (AvgIpc) is 2.92. The standard InChI is InChI=1S/C15H24N2O3S/c1-4-5-8-13(14(18)19)16-15(20)17(11(2)3)10-12-7-6-9-21-12/h6-7,9,11,13H,4-5,8,10H2,1-3H3,(H,16,20)(H,18,19). The number of thiophene rings is 1. The number of urea groups is 1. The number of unbranched alkanes of at least 4 members (excludes halogenated alkanes) is 1. The Labute approximate surface area is 130 Å². The summed E-state index contributed by atoms with van der Waals surface area (Å²) >= 11 is 1.59. The first-order valence-electron chi connectivity index (χ1n) is 7.28. The Balaban J connectivity index is 2.68. The lowest BCUT2D eigenvalue weighted by Gasteiger charge is -2.28. The monoisotopic (exact) mass is 312 g/mol. The number of aliphatic carboxylic acids is 1. The molecule has 1 aromatic rings. The summed E-state index contributed by atoms with van der Waals surface area (Å²) in [5.74, 6) is -0.975. The van der Waals surface area contributed by atoms with Gasteiger partial charge in [-0.2, -0.15) is 0 Å². The minimum atomic E-state index is -0.975. The molecule has 0 aromatic carbocycles. The van der Waals surface area contributed by atoms with Gasteiger partial charge in [0.2, 0.25) is 0 Å². The van der Waals surface area contributed by atoms with Crippen LogP contribution in [0.25, 0.3) is 0 Å². The minimum Gasteiger partial charge on any atom is -0.480 e. The van der Waals surface area contributed by atoms with Crippen molar-refractivity contribution in [2.24, 2.45) is 0 Å². The van der Waals surface area contributed by atoms with Gasteiger partial charge >= 0.3 is 12.0 Å². The molecule has 21 heavy (non-hydrogen) atoms. The molecule has 2 amide bonds. The lowest BCUT2D eigenvalue weighted by Crippen LogP contribution is -2.49. The number of hydrogen-bond donors (Lipinski definition) is 2. The highest BCUT2D eigenvalue weighted by atomic mass is 32.1. The molecular weight excluding hydrogens is 288 g/mol. The second kappa shape index (κ2) is 8.67. The quantitative estimate of drug-likeness (QED) is 0.773. The Kier molecular flexibility index (Phi) is 7.22. The highest BCUT2D eigenvalue weighted by Gasteiger charge is 2.24. The van der Waals surface area contributed by atoms with Crippen molar-refractivity contribution in [1.29, 1.82) is 0 Å². The van der Waals surface area contributed by atoms with E-state index in [9.17, 15) is 14.7 Å². The summed E-state index contributed by atoms with van der Waals surface area (Å²) in [6.45, 7) is 6.35. The molecule has 0 aliphatic heterocycles. The van der Waals surface area contributed by atoms with E-state index in [2.05, 4.69) is 5.32 Å². The van der Waals surface area contributed by atoms with Crippen LogP contribution in [0, 0.1) is 0 Å². The Morgan fingerprint density at radius 3 is 2.62 bits per heavy atom. The largest absolute Gasteiger partial charge is 0.480 e. The Bertz CT molecular complexity index is 446. The molecule has 0 saturated heterocycles. The fourth-order valence-corrected chi connectivity index (χ4v) is 2.66. The smallest absolute Gasteiger partial charge is 0.326 e. The third kappa shape index (κ3) is 5.75. The third-order valence-corrected chi connectivity index (χ3v) is 4.09. The predicted octanol–water partition coefficient (Wildman–Crippen LogP) is 3.31. The topological polar surface area (TPSA) is 69.6 Å². The van der Waals surface area contributed by atoms with E-state index in [0.29, 0.717) is 13.0 Å². The molecule has 0 radical (unpaired) electrons. The van der Waals surface area contributed by atoms with Gasteiger partial charge in [-0.3, -0.25) is 0 Å². The summed E-state index contributed by atoms with van der Waals surface area (Å²) < 4.78 is 0. The number of amides is 2. The number of nitrogens with one attached hydrogen (secondary N) is 1. The molecule has 0 fully saturated rings. The summed E-state index contributed by atoms with van der Waals surface area (Å²) in [5, 5.41) is 13.8. The normalized spacial score (nSPS) is 12.2. The molecule has 0 aliphatic rings. The van der Waals surface area contributed by atoms with Gasteiger partial charge in [0.15, 0.2) is 0 Å². The van der Waals surface area contributed by atoms with E-state index in [0.717, 1.165) is 17.7 Å². The minimum absolute atomic E-state index is 0.00715. The molecule has 0 bridgehead atoms. The van der Waals surface area contributed by atoms with Gasteiger partial charge in [-0.1, -0.05) is 25.8 Å². The van der Waals surface area contributed by atoms with Crippen LogP contribution in [0.1, 0.15) is 44.9 Å². The van der Waals surface area contributed by atoms with Crippen LogP contribution >= 0.6 is 11.3 Å². The molecule has 0 saturated carbocycles. The van der Waals surface area contributed by atoms with Crippen molar-refractivity contribution in [2.75, 3.05) is 0 Å². The van der Waals surface area contributed by atoms with Gasteiger partial charge in [0.25, 0.3) is 0 Å². The van der Waals surface area contributed by atoms with Crippen LogP contribution in [-0.4, -0.2) is 34.1 Å². The molecule has 1 unspecified atom stereocenters. The van der Waals surface area contributed by atoms with Gasteiger partial charge in [-0.15, -0.1) is 11.3 Å². The van der Waals surface area contributed by atoms with Crippen LogP contribution < -0.4 is 5.32 Å². The number of hydrogen-bond acceptors (Lipinski definition) is 3. The average molecular weight is 312 g/mol. The van der Waals surface area contributed by atoms with Gasteiger partial charge in [0, 0.05) is 10.9 Å². The summed E-state index contributed by atoms with van der Waals surface area (Å²) in [7, 11) is 0. The van der Waals surface area contributed by atoms with Crippen LogP contribution in [0.4, 0.5) is 4.79 Å². The number of carbonyl (C=O) groups excluding carboxylic acids is 1. The van der Waals surface area contributed by atoms with Crippen molar-refractivity contribution in [2.45, 2.75) is 58.7 Å². The van der Waals surface area contributed by atoms with Crippen molar-refractivity contribution in [3.8, 4) is 0 Å².